The Balaban J connectivity index is 1.93. The van der Waals surface area contributed by atoms with E-state index in [0.717, 1.165) is 23.0 Å². The van der Waals surface area contributed by atoms with Gasteiger partial charge in [-0.1, -0.05) is 0 Å². The first-order chi connectivity index (χ1) is 8.24. The zero-order chi connectivity index (χ0) is 12.1. The second-order valence-corrected chi connectivity index (χ2v) is 4.91. The lowest BCUT2D eigenvalue weighted by molar-refractivity contribution is 0.653. The Kier molecular flexibility index (Phi) is 4.23. The molecule has 0 aliphatic carbocycles. The summed E-state index contributed by atoms with van der Waals surface area (Å²) in [4.78, 5) is 8.31. The highest BCUT2D eigenvalue weighted by Gasteiger charge is 2.06. The maximum atomic E-state index is 6.10. The molecule has 1 unspecified atom stereocenters. The zero-order valence-electron chi connectivity index (χ0n) is 9.38. The molecule has 2 rings (SSSR count). The Labute approximate surface area is 109 Å². The molecule has 0 radical (unpaired) electrons. The molecule has 0 amide bonds. The van der Waals surface area contributed by atoms with Gasteiger partial charge in [0.15, 0.2) is 0 Å². The Hall–Kier alpha value is -1.26. The van der Waals surface area contributed by atoms with E-state index in [1.165, 1.54) is 5.56 Å². The van der Waals surface area contributed by atoms with E-state index >= 15 is 0 Å². The van der Waals surface area contributed by atoms with Gasteiger partial charge in [0, 0.05) is 41.2 Å². The van der Waals surface area contributed by atoms with E-state index in [-0.39, 0.29) is 6.04 Å². The number of hydrogen-bond donors (Lipinski definition) is 1. The second kappa shape index (κ2) is 5.89. The van der Waals surface area contributed by atoms with E-state index in [0.29, 0.717) is 0 Å². The maximum Gasteiger partial charge on any atom is 0.0420 e. The summed E-state index contributed by atoms with van der Waals surface area (Å²) in [6.45, 7) is 0. The van der Waals surface area contributed by atoms with Crippen LogP contribution in [0.1, 0.15) is 11.3 Å². The van der Waals surface area contributed by atoms with Gasteiger partial charge in [-0.05, 0) is 52.2 Å². The van der Waals surface area contributed by atoms with Crippen LogP contribution in [0.3, 0.4) is 0 Å². The van der Waals surface area contributed by atoms with Crippen LogP contribution in [0, 0.1) is 0 Å². The highest BCUT2D eigenvalue weighted by Crippen LogP contribution is 2.10. The molecule has 0 spiro atoms. The van der Waals surface area contributed by atoms with Crippen molar-refractivity contribution < 1.29 is 0 Å². The van der Waals surface area contributed by atoms with Crippen molar-refractivity contribution in [2.75, 3.05) is 0 Å². The minimum Gasteiger partial charge on any atom is -0.327 e. The molecule has 4 heteroatoms. The number of nitrogens with two attached hydrogens (primary N) is 1. The lowest BCUT2D eigenvalue weighted by atomic mass is 10.0. The average molecular weight is 292 g/mol. The van der Waals surface area contributed by atoms with Crippen LogP contribution < -0.4 is 5.73 Å². The van der Waals surface area contributed by atoms with Crippen LogP contribution in [0.2, 0.25) is 0 Å². The largest absolute Gasteiger partial charge is 0.327 e. The molecule has 2 N–H and O–H groups in total. The Morgan fingerprint density at radius 2 is 1.88 bits per heavy atom. The molecular formula is C13H14BrN3. The van der Waals surface area contributed by atoms with Gasteiger partial charge in [-0.25, -0.2) is 0 Å². The molecule has 2 heterocycles. The normalized spacial score (nSPS) is 12.4. The van der Waals surface area contributed by atoms with Crippen LogP contribution in [-0.2, 0) is 12.8 Å². The van der Waals surface area contributed by atoms with Crippen molar-refractivity contribution >= 4 is 15.9 Å². The average Bonchev–Trinajstić information content (AvgIpc) is 2.33. The molecule has 0 aliphatic heterocycles. The summed E-state index contributed by atoms with van der Waals surface area (Å²) in [5.41, 5.74) is 8.34. The van der Waals surface area contributed by atoms with Gasteiger partial charge in [0.1, 0.15) is 0 Å². The Morgan fingerprint density at radius 1 is 1.12 bits per heavy atom. The topological polar surface area (TPSA) is 51.8 Å². The van der Waals surface area contributed by atoms with Crippen LogP contribution in [0.15, 0.2) is 47.3 Å². The van der Waals surface area contributed by atoms with Crippen molar-refractivity contribution in [3.8, 4) is 0 Å². The van der Waals surface area contributed by atoms with Gasteiger partial charge in [0.2, 0.25) is 0 Å². The third kappa shape index (κ3) is 3.91. The van der Waals surface area contributed by atoms with E-state index in [1.54, 1.807) is 18.6 Å². The van der Waals surface area contributed by atoms with E-state index in [9.17, 15) is 0 Å². The molecule has 0 aliphatic rings. The van der Waals surface area contributed by atoms with E-state index in [2.05, 4.69) is 25.9 Å². The first kappa shape index (κ1) is 12.2. The number of halogens is 1. The first-order valence-electron chi connectivity index (χ1n) is 5.49. The van der Waals surface area contributed by atoms with Gasteiger partial charge in [0.05, 0.1) is 0 Å². The number of hydrogen-bond acceptors (Lipinski definition) is 3. The monoisotopic (exact) mass is 291 g/mol. The molecule has 17 heavy (non-hydrogen) atoms. The van der Waals surface area contributed by atoms with Gasteiger partial charge in [-0.2, -0.15) is 0 Å². The fourth-order valence-corrected chi connectivity index (χ4v) is 1.92. The standard InChI is InChI=1S/C13H14BrN3/c14-11-1-2-13(17-9-11)8-12(15)7-10-3-5-16-6-4-10/h1-6,9,12H,7-8,15H2. The highest BCUT2D eigenvalue weighted by atomic mass is 79.9. The quantitative estimate of drug-likeness (QED) is 0.941. The van der Waals surface area contributed by atoms with Crippen LogP contribution >= 0.6 is 15.9 Å². The highest BCUT2D eigenvalue weighted by molar-refractivity contribution is 9.10. The predicted octanol–water partition coefficient (Wildman–Crippen LogP) is 2.35. The van der Waals surface area contributed by atoms with Crippen molar-refractivity contribution in [2.24, 2.45) is 5.73 Å². The number of pyridine rings is 2. The summed E-state index contributed by atoms with van der Waals surface area (Å²) in [5.74, 6) is 0. The fourth-order valence-electron chi connectivity index (χ4n) is 1.69. The van der Waals surface area contributed by atoms with Crippen molar-refractivity contribution in [3.05, 3.63) is 58.6 Å². The summed E-state index contributed by atoms with van der Waals surface area (Å²) in [6, 6.07) is 8.06. The van der Waals surface area contributed by atoms with Gasteiger partial charge >= 0.3 is 0 Å². The summed E-state index contributed by atoms with van der Waals surface area (Å²) in [6.07, 6.45) is 7.02. The molecular weight excluding hydrogens is 278 g/mol. The van der Waals surface area contributed by atoms with E-state index < -0.39 is 0 Å². The summed E-state index contributed by atoms with van der Waals surface area (Å²) < 4.78 is 0.990. The van der Waals surface area contributed by atoms with Crippen molar-refractivity contribution in [1.29, 1.82) is 0 Å². The van der Waals surface area contributed by atoms with Crippen LogP contribution in [-0.4, -0.2) is 16.0 Å². The predicted molar refractivity (Wildman–Crippen MR) is 71.6 cm³/mol. The molecule has 0 aromatic carbocycles. The third-order valence-corrected chi connectivity index (χ3v) is 2.98. The van der Waals surface area contributed by atoms with Crippen molar-refractivity contribution in [2.45, 2.75) is 18.9 Å². The molecule has 2 aromatic heterocycles. The lowest BCUT2D eigenvalue weighted by Gasteiger charge is -2.10. The summed E-state index contributed by atoms with van der Waals surface area (Å²) in [7, 11) is 0. The minimum atomic E-state index is 0.0890. The second-order valence-electron chi connectivity index (χ2n) is 3.99. The Morgan fingerprint density at radius 3 is 2.53 bits per heavy atom. The van der Waals surface area contributed by atoms with Gasteiger partial charge < -0.3 is 5.73 Å². The van der Waals surface area contributed by atoms with Crippen LogP contribution in [0.4, 0.5) is 0 Å². The minimum absolute atomic E-state index is 0.0890. The Bertz CT molecular complexity index is 456. The van der Waals surface area contributed by atoms with Gasteiger partial charge in [0.25, 0.3) is 0 Å². The molecule has 88 valence electrons. The summed E-state index contributed by atoms with van der Waals surface area (Å²) in [5, 5.41) is 0. The molecule has 0 fully saturated rings. The zero-order valence-corrected chi connectivity index (χ0v) is 11.0. The molecule has 0 bridgehead atoms. The van der Waals surface area contributed by atoms with Crippen LogP contribution in [0.5, 0.6) is 0 Å². The molecule has 0 saturated carbocycles. The van der Waals surface area contributed by atoms with E-state index in [4.69, 9.17) is 5.73 Å². The number of rotatable bonds is 4. The molecule has 0 saturated heterocycles. The molecule has 3 nitrogen and oxygen atoms in total. The van der Waals surface area contributed by atoms with Gasteiger partial charge in [-0.15, -0.1) is 0 Å². The SMILES string of the molecule is NC(Cc1ccncc1)Cc1ccc(Br)cn1. The van der Waals surface area contributed by atoms with Crippen LogP contribution in [0.25, 0.3) is 0 Å². The fraction of sp³-hybridized carbons (Fsp3) is 0.231. The number of nitrogens with zero attached hydrogens (tertiary/aromatic N) is 2. The molecule has 2 aromatic rings. The van der Waals surface area contributed by atoms with E-state index in [1.807, 2.05) is 24.3 Å². The van der Waals surface area contributed by atoms with Crippen molar-refractivity contribution in [3.63, 3.8) is 0 Å². The smallest absolute Gasteiger partial charge is 0.0420 e. The lowest BCUT2D eigenvalue weighted by Crippen LogP contribution is -2.25. The number of aromatic nitrogens is 2. The third-order valence-electron chi connectivity index (χ3n) is 2.51. The van der Waals surface area contributed by atoms with Crippen molar-refractivity contribution in [1.82, 2.24) is 9.97 Å². The maximum absolute atomic E-state index is 6.10. The summed E-state index contributed by atoms with van der Waals surface area (Å²) >= 11 is 3.36. The van der Waals surface area contributed by atoms with Gasteiger partial charge in [-0.3, -0.25) is 9.97 Å². The first-order valence-corrected chi connectivity index (χ1v) is 6.28. The molecule has 1 atom stereocenters.